The first-order valence-electron chi connectivity index (χ1n) is 0. The Bertz CT molecular complexity index is 31.7. The second kappa shape index (κ2) is 66.2. The fourth-order valence-corrected chi connectivity index (χ4v) is 0. The molecule has 0 aromatic carbocycles. The standard InChI is InChI=1S/Al.Ca.Cr.3FH.Li.Sr.5H/h;;;3*1H;;;;;;;/q+3;+2;;;;;+1;+2;5*-1/p-3. The van der Waals surface area contributed by atoms with Gasteiger partial charge in [0.2, 0.25) is 0 Å². The minimum absolute atomic E-state index is 0. The van der Waals surface area contributed by atoms with E-state index in [1.807, 2.05) is 0 Å². The van der Waals surface area contributed by atoms with Crippen LogP contribution in [0.15, 0.2) is 0 Å². The molecule has 0 amide bonds. The molecule has 0 saturated carbocycles. The molecule has 0 aliphatic heterocycles. The van der Waals surface area contributed by atoms with E-state index in [0.29, 0.717) is 0 Å². The summed E-state index contributed by atoms with van der Waals surface area (Å²) in [5.41, 5.74) is 0. The monoisotopic (exact) mass is 276 g/mol. The number of halogens is 3. The molecule has 0 N–H and O–H groups in total. The summed E-state index contributed by atoms with van der Waals surface area (Å²) in [5.74, 6) is 0. The maximum Gasteiger partial charge on any atom is 3.00 e. The van der Waals surface area contributed by atoms with Gasteiger partial charge in [-0.15, -0.1) is 0 Å². The first kappa shape index (κ1) is 86.9. The summed E-state index contributed by atoms with van der Waals surface area (Å²) in [5, 5.41) is 0. The van der Waals surface area contributed by atoms with Crippen LogP contribution in [0.3, 0.4) is 0 Å². The topological polar surface area (TPSA) is 0 Å². The van der Waals surface area contributed by atoms with Crippen LogP contribution < -0.4 is 33.0 Å². The average Bonchev–Trinajstić information content (AvgIpc) is 0. The predicted octanol–water partition coefficient (Wildman–Crippen LogP) is -12.6. The van der Waals surface area contributed by atoms with Crippen molar-refractivity contribution in [2.24, 2.45) is 0 Å². The largest absolute Gasteiger partial charge is 3.00 e. The zero-order valence-corrected chi connectivity index (χ0v) is 12.6. The number of rotatable bonds is 0. The van der Waals surface area contributed by atoms with Crippen LogP contribution in [0, 0.1) is 0 Å². The molecule has 0 aliphatic rings. The van der Waals surface area contributed by atoms with Gasteiger partial charge in [-0.05, 0) is 0 Å². The van der Waals surface area contributed by atoms with Crippen molar-refractivity contribution in [3.63, 3.8) is 0 Å². The van der Waals surface area contributed by atoms with Gasteiger partial charge in [0.15, 0.2) is 0 Å². The van der Waals surface area contributed by atoms with Crippen LogP contribution in [0.5, 0.6) is 0 Å². The second-order valence-electron chi connectivity index (χ2n) is 0. The van der Waals surface area contributed by atoms with E-state index in [1.165, 1.54) is 0 Å². The Morgan fingerprint density at radius 2 is 0.875 bits per heavy atom. The molecule has 0 atom stereocenters. The molecule has 0 bridgehead atoms. The molecule has 8 heteroatoms. The van der Waals surface area contributed by atoms with Gasteiger partial charge >= 0.3 is 119 Å². The molecular weight excluding hydrogens is 271 g/mol. The molecule has 0 aromatic rings. The van der Waals surface area contributed by atoms with Crippen LogP contribution >= 0.6 is 0 Å². The van der Waals surface area contributed by atoms with Crippen molar-refractivity contribution in [2.45, 2.75) is 0 Å². The third kappa shape index (κ3) is 49.0. The SMILES string of the molecule is [Al+3].[Ca+2].[Cr].[F-].[F-].[F-].[H-].[H-].[H-].[H-].[H-].[Li+].[Sr+2]. The summed E-state index contributed by atoms with van der Waals surface area (Å²) in [4.78, 5) is 0. The van der Waals surface area contributed by atoms with E-state index >= 15 is 0 Å². The van der Waals surface area contributed by atoms with E-state index in [-0.39, 0.29) is 158 Å². The maximum absolute atomic E-state index is 0. The Hall–Kier alpha value is 4.19. The van der Waals surface area contributed by atoms with E-state index in [4.69, 9.17) is 0 Å². The number of hydrogen-bond acceptors (Lipinski definition) is 0. The molecule has 0 heterocycles. The van der Waals surface area contributed by atoms with Crippen molar-refractivity contribution >= 4 is 101 Å². The first-order chi connectivity index (χ1) is 0. The molecule has 0 aromatic heterocycles. The fraction of sp³-hybridized carbons (Fsp3) is 0. The van der Waals surface area contributed by atoms with Crippen molar-refractivity contribution in [2.75, 3.05) is 0 Å². The summed E-state index contributed by atoms with van der Waals surface area (Å²) in [6.07, 6.45) is 0. The van der Waals surface area contributed by atoms with Gasteiger partial charge in [-0.1, -0.05) is 0 Å². The summed E-state index contributed by atoms with van der Waals surface area (Å²) in [7, 11) is 0. The van der Waals surface area contributed by atoms with Crippen LogP contribution in [0.1, 0.15) is 7.13 Å². The van der Waals surface area contributed by atoms with Crippen LogP contribution in [-0.2, 0) is 17.4 Å². The molecule has 0 nitrogen and oxygen atoms in total. The second-order valence-corrected chi connectivity index (χ2v) is 0. The van der Waals surface area contributed by atoms with Crippen LogP contribution in [0.4, 0.5) is 0 Å². The molecule has 40 valence electrons. The Kier molecular flexibility index (Phi) is 719. The predicted molar refractivity (Wildman–Crippen MR) is 22.8 cm³/mol. The molecule has 0 fully saturated rings. The van der Waals surface area contributed by atoms with Crippen molar-refractivity contribution in [3.8, 4) is 0 Å². The summed E-state index contributed by atoms with van der Waals surface area (Å²) in [6, 6.07) is 0. The number of hydrogen-bond donors (Lipinski definition) is 0. The van der Waals surface area contributed by atoms with Gasteiger partial charge in [0.1, 0.15) is 0 Å². The minimum atomic E-state index is 0. The third-order valence-electron chi connectivity index (χ3n) is 0. The van der Waals surface area contributed by atoms with Gasteiger partial charge in [0.25, 0.3) is 0 Å². The van der Waals surface area contributed by atoms with E-state index in [0.717, 1.165) is 0 Å². The van der Waals surface area contributed by atoms with E-state index in [2.05, 4.69) is 0 Å². The van der Waals surface area contributed by atoms with Crippen LogP contribution in [0.2, 0.25) is 0 Å². The minimum Gasteiger partial charge on any atom is -1.00 e. The van der Waals surface area contributed by atoms with Gasteiger partial charge < -0.3 is 21.2 Å². The summed E-state index contributed by atoms with van der Waals surface area (Å²) in [6.45, 7) is 0. The smallest absolute Gasteiger partial charge is 1.00 e. The van der Waals surface area contributed by atoms with Crippen LogP contribution in [-0.4, -0.2) is 101 Å². The van der Waals surface area contributed by atoms with Crippen LogP contribution in [0.25, 0.3) is 0 Å². The Morgan fingerprint density at radius 3 is 0.875 bits per heavy atom. The summed E-state index contributed by atoms with van der Waals surface area (Å²) >= 11 is 0. The fourth-order valence-electron chi connectivity index (χ4n) is 0. The zero-order valence-electron chi connectivity index (χ0n) is 9.53. The quantitative estimate of drug-likeness (QED) is 0.385. The molecular formula is H5AlCaCrF3LiSr. The first-order valence-corrected chi connectivity index (χ1v) is 0. The molecule has 0 rings (SSSR count). The van der Waals surface area contributed by atoms with Crippen molar-refractivity contribution in [3.05, 3.63) is 0 Å². The molecule has 0 unspecified atom stereocenters. The van der Waals surface area contributed by atoms with Gasteiger partial charge in [-0.3, -0.25) is 0 Å². The van der Waals surface area contributed by atoms with Gasteiger partial charge in [-0.25, -0.2) is 0 Å². The van der Waals surface area contributed by atoms with E-state index in [1.54, 1.807) is 0 Å². The molecule has 0 aliphatic carbocycles. The Balaban J connectivity index is 0. The zero-order chi connectivity index (χ0) is 0. The van der Waals surface area contributed by atoms with Gasteiger partial charge in [-0.2, -0.15) is 0 Å². The van der Waals surface area contributed by atoms with Gasteiger partial charge in [0, 0.05) is 17.4 Å². The molecule has 0 radical (unpaired) electrons. The normalized spacial score (nSPS) is 0. The Labute approximate surface area is 155 Å². The Morgan fingerprint density at radius 1 is 0.875 bits per heavy atom. The third-order valence-corrected chi connectivity index (χ3v) is 0. The van der Waals surface area contributed by atoms with Crippen molar-refractivity contribution in [1.29, 1.82) is 0 Å². The molecule has 8 heavy (non-hydrogen) atoms. The van der Waals surface area contributed by atoms with Gasteiger partial charge in [0.05, 0.1) is 0 Å². The summed E-state index contributed by atoms with van der Waals surface area (Å²) < 4.78 is 0. The van der Waals surface area contributed by atoms with Crippen molar-refractivity contribution in [1.82, 2.24) is 0 Å². The average molecular weight is 276 g/mol. The molecule has 0 saturated heterocycles. The van der Waals surface area contributed by atoms with Crippen molar-refractivity contribution < 1.29 is 57.5 Å². The molecule has 0 spiro atoms. The maximum atomic E-state index is 0. The van der Waals surface area contributed by atoms with E-state index in [9.17, 15) is 0 Å². The van der Waals surface area contributed by atoms with E-state index < -0.39 is 0 Å².